The van der Waals surface area contributed by atoms with Gasteiger partial charge in [0.25, 0.3) is 0 Å². The topological polar surface area (TPSA) is 29.3 Å². The lowest BCUT2D eigenvalue weighted by molar-refractivity contribution is 0.147. The van der Waals surface area contributed by atoms with Gasteiger partial charge in [-0.3, -0.25) is 0 Å². The van der Waals surface area contributed by atoms with E-state index >= 15 is 0 Å². The molecule has 0 spiro atoms. The Labute approximate surface area is 120 Å². The van der Waals surface area contributed by atoms with Crippen LogP contribution in [-0.2, 0) is 4.74 Å². The van der Waals surface area contributed by atoms with Gasteiger partial charge >= 0.3 is 0 Å². The Morgan fingerprint density at radius 1 is 1.20 bits per heavy atom. The van der Waals surface area contributed by atoms with Crippen LogP contribution in [0.15, 0.2) is 18.2 Å². The molecule has 1 aliphatic heterocycles. The van der Waals surface area contributed by atoms with E-state index in [1.54, 1.807) is 7.11 Å². The molecule has 1 aromatic rings. The van der Waals surface area contributed by atoms with Gasteiger partial charge in [0.1, 0.15) is 12.4 Å². The monoisotopic (exact) mass is 275 g/mol. The number of hydrogen-bond acceptors (Lipinski definition) is 4. The van der Waals surface area contributed by atoms with E-state index in [0.29, 0.717) is 24.7 Å². The first kappa shape index (κ1) is 14.6. The normalized spacial score (nSPS) is 15.9. The molecule has 5 nitrogen and oxygen atoms in total. The van der Waals surface area contributed by atoms with Crippen molar-refractivity contribution in [2.24, 2.45) is 0 Å². The molecule has 0 radical (unpaired) electrons. The fourth-order valence-corrected chi connectivity index (χ4v) is 2.21. The van der Waals surface area contributed by atoms with E-state index in [-0.39, 0.29) is 0 Å². The maximum Gasteiger partial charge on any atom is 0.230 e. The summed E-state index contributed by atoms with van der Waals surface area (Å²) < 4.78 is 10.5. The summed E-state index contributed by atoms with van der Waals surface area (Å²) >= 11 is 0. The summed E-state index contributed by atoms with van der Waals surface area (Å²) in [5.41, 5.74) is 1.67. The maximum absolute atomic E-state index is 7.29. The third-order valence-electron chi connectivity index (χ3n) is 3.48. The van der Waals surface area contributed by atoms with Crippen LogP contribution >= 0.6 is 0 Å². The van der Waals surface area contributed by atoms with E-state index in [0.717, 1.165) is 31.9 Å². The summed E-state index contributed by atoms with van der Waals surface area (Å²) in [5.74, 6) is 0.634. The molecule has 0 aliphatic carbocycles. The van der Waals surface area contributed by atoms with Crippen molar-refractivity contribution in [1.82, 2.24) is 4.90 Å². The maximum atomic E-state index is 7.29. The van der Waals surface area contributed by atoms with Crippen LogP contribution in [-0.4, -0.2) is 58.5 Å². The minimum absolute atomic E-state index is 0.465. The van der Waals surface area contributed by atoms with Crippen molar-refractivity contribution in [2.45, 2.75) is 0 Å². The predicted octanol–water partition coefficient (Wildman–Crippen LogP) is 2.01. The van der Waals surface area contributed by atoms with Gasteiger partial charge in [0.15, 0.2) is 0 Å². The van der Waals surface area contributed by atoms with Crippen LogP contribution in [0.25, 0.3) is 4.85 Å². The minimum Gasteiger partial charge on any atom is -0.502 e. The Kier molecular flexibility index (Phi) is 5.22. The molecular formula is C15H21N3O2. The van der Waals surface area contributed by atoms with Gasteiger partial charge in [0.2, 0.25) is 5.69 Å². The lowest BCUT2D eigenvalue weighted by Gasteiger charge is -2.34. The molecular weight excluding hydrogens is 254 g/mol. The molecule has 108 valence electrons. The number of anilines is 1. The Hall–Kier alpha value is -1.77. The summed E-state index contributed by atoms with van der Waals surface area (Å²) in [4.78, 5) is 8.19. The van der Waals surface area contributed by atoms with Gasteiger partial charge in [-0.25, -0.2) is 4.85 Å². The van der Waals surface area contributed by atoms with Gasteiger partial charge in [-0.1, -0.05) is 0 Å². The highest BCUT2D eigenvalue weighted by molar-refractivity contribution is 5.66. The van der Waals surface area contributed by atoms with Crippen LogP contribution in [0, 0.1) is 6.57 Å². The fourth-order valence-electron chi connectivity index (χ4n) is 2.21. The third kappa shape index (κ3) is 3.62. The Balaban J connectivity index is 2.07. The molecule has 2 rings (SSSR count). The quantitative estimate of drug-likeness (QED) is 0.607. The van der Waals surface area contributed by atoms with Crippen molar-refractivity contribution in [3.63, 3.8) is 0 Å². The second kappa shape index (κ2) is 7.13. The van der Waals surface area contributed by atoms with Crippen molar-refractivity contribution in [1.29, 1.82) is 0 Å². The number of methoxy groups -OCH3 is 1. The first-order valence-electron chi connectivity index (χ1n) is 6.81. The number of ether oxygens (including phenoxy) is 2. The molecule has 1 saturated heterocycles. The summed E-state index contributed by atoms with van der Waals surface area (Å²) in [5, 5.41) is 0. The molecule has 0 saturated carbocycles. The highest BCUT2D eigenvalue weighted by atomic mass is 16.5. The van der Waals surface area contributed by atoms with Crippen molar-refractivity contribution >= 4 is 11.4 Å². The van der Waals surface area contributed by atoms with Crippen molar-refractivity contribution in [3.05, 3.63) is 29.6 Å². The second-order valence-electron chi connectivity index (χ2n) is 4.90. The second-order valence-corrected chi connectivity index (χ2v) is 4.90. The molecule has 1 aliphatic rings. The van der Waals surface area contributed by atoms with Crippen LogP contribution in [0.1, 0.15) is 0 Å². The molecule has 0 N–H and O–H groups in total. The van der Waals surface area contributed by atoms with Gasteiger partial charge in [-0.2, -0.15) is 0 Å². The summed E-state index contributed by atoms with van der Waals surface area (Å²) in [6, 6.07) is 5.83. The van der Waals surface area contributed by atoms with Crippen LogP contribution in [0.3, 0.4) is 0 Å². The predicted molar refractivity (Wildman–Crippen MR) is 79.8 cm³/mol. The van der Waals surface area contributed by atoms with Crippen LogP contribution < -0.4 is 9.64 Å². The molecule has 0 bridgehead atoms. The number of piperazine rings is 1. The van der Waals surface area contributed by atoms with E-state index in [1.165, 1.54) is 0 Å². The van der Waals surface area contributed by atoms with E-state index in [2.05, 4.69) is 21.7 Å². The Morgan fingerprint density at radius 3 is 2.60 bits per heavy atom. The summed E-state index contributed by atoms with van der Waals surface area (Å²) in [6.45, 7) is 12.4. The van der Waals surface area contributed by atoms with E-state index in [1.807, 2.05) is 18.2 Å². The molecule has 1 fully saturated rings. The van der Waals surface area contributed by atoms with Gasteiger partial charge in [0.05, 0.1) is 13.2 Å². The highest BCUT2D eigenvalue weighted by Gasteiger charge is 2.15. The largest absolute Gasteiger partial charge is 0.502 e. The number of likely N-dealkylation sites (N-methyl/N-ethyl adjacent to an activating group) is 1. The lowest BCUT2D eigenvalue weighted by Crippen LogP contribution is -2.44. The third-order valence-corrected chi connectivity index (χ3v) is 3.48. The lowest BCUT2D eigenvalue weighted by atomic mass is 10.2. The van der Waals surface area contributed by atoms with Crippen LogP contribution in [0.4, 0.5) is 11.4 Å². The van der Waals surface area contributed by atoms with E-state index in [4.69, 9.17) is 16.0 Å². The number of rotatable bonds is 5. The van der Waals surface area contributed by atoms with Crippen molar-refractivity contribution < 1.29 is 9.47 Å². The summed E-state index contributed by atoms with van der Waals surface area (Å²) in [7, 11) is 3.77. The average molecular weight is 275 g/mol. The molecule has 1 heterocycles. The van der Waals surface area contributed by atoms with Crippen LogP contribution in [0.5, 0.6) is 5.75 Å². The molecule has 5 heteroatoms. The van der Waals surface area contributed by atoms with Crippen LogP contribution in [0.2, 0.25) is 0 Å². The van der Waals surface area contributed by atoms with Gasteiger partial charge in [0, 0.05) is 39.0 Å². The number of nitrogens with zero attached hydrogens (tertiary/aromatic N) is 3. The molecule has 0 unspecified atom stereocenters. The molecule has 0 aromatic heterocycles. The first-order chi connectivity index (χ1) is 9.74. The molecule has 0 atom stereocenters. The average Bonchev–Trinajstić information content (AvgIpc) is 2.48. The zero-order chi connectivity index (χ0) is 14.4. The first-order valence-corrected chi connectivity index (χ1v) is 6.81. The zero-order valence-electron chi connectivity index (χ0n) is 12.1. The standard InChI is InChI=1S/C15H21N3O2/c1-16-14-12-13(18-8-6-17(2)7-9-18)4-5-15(14)20-11-10-19-3/h4-5,12H,6-11H2,2-3H3. The van der Waals surface area contributed by atoms with E-state index in [9.17, 15) is 0 Å². The SMILES string of the molecule is [C-]#[N+]c1cc(N2CCN(C)CC2)ccc1OCCOC. The molecule has 0 amide bonds. The number of benzene rings is 1. The Morgan fingerprint density at radius 2 is 1.95 bits per heavy atom. The van der Waals surface area contributed by atoms with E-state index < -0.39 is 0 Å². The molecule has 1 aromatic carbocycles. The van der Waals surface area contributed by atoms with Crippen molar-refractivity contribution in [3.8, 4) is 5.75 Å². The smallest absolute Gasteiger partial charge is 0.230 e. The molecule has 20 heavy (non-hydrogen) atoms. The van der Waals surface area contributed by atoms with Gasteiger partial charge in [-0.15, -0.1) is 0 Å². The highest BCUT2D eigenvalue weighted by Crippen LogP contribution is 2.32. The Bertz CT molecular complexity index is 476. The zero-order valence-corrected chi connectivity index (χ0v) is 12.1. The summed E-state index contributed by atoms with van der Waals surface area (Å²) in [6.07, 6.45) is 0. The van der Waals surface area contributed by atoms with Gasteiger partial charge < -0.3 is 19.3 Å². The van der Waals surface area contributed by atoms with Gasteiger partial charge in [-0.05, 0) is 25.2 Å². The van der Waals surface area contributed by atoms with Crippen molar-refractivity contribution in [2.75, 3.05) is 58.5 Å². The fraction of sp³-hybridized carbons (Fsp3) is 0.533. The number of hydrogen-bond donors (Lipinski definition) is 0. The minimum atomic E-state index is 0.465.